The van der Waals surface area contributed by atoms with Gasteiger partial charge in [0.2, 0.25) is 0 Å². The standard InChI is InChI=1S/C20H20N2O3/c1-13-7-8-17-21-15(9-18(23)22(17)11-13)12-24-16-6-4-5-14-10-20(2,3)25-19(14)16/h4-9,11H,10,12H2,1-3H3. The average Bonchev–Trinajstić information content (AvgIpc) is 2.88. The number of ether oxygens (including phenoxy) is 2. The molecule has 3 heterocycles. The molecule has 0 saturated heterocycles. The lowest BCUT2D eigenvalue weighted by Crippen LogP contribution is -2.24. The Balaban J connectivity index is 1.61. The highest BCUT2D eigenvalue weighted by molar-refractivity contribution is 5.50. The molecule has 5 nitrogen and oxygen atoms in total. The Hall–Kier alpha value is -2.82. The van der Waals surface area contributed by atoms with E-state index in [4.69, 9.17) is 9.47 Å². The number of rotatable bonds is 3. The molecule has 4 rings (SSSR count). The van der Waals surface area contributed by atoms with Crippen LogP contribution in [0.25, 0.3) is 5.65 Å². The van der Waals surface area contributed by atoms with Crippen LogP contribution in [0.15, 0.2) is 47.4 Å². The highest BCUT2D eigenvalue weighted by atomic mass is 16.5. The molecule has 25 heavy (non-hydrogen) atoms. The predicted molar refractivity (Wildman–Crippen MR) is 95.4 cm³/mol. The minimum absolute atomic E-state index is 0.108. The minimum Gasteiger partial charge on any atom is -0.483 e. The third-order valence-corrected chi connectivity index (χ3v) is 4.29. The fraction of sp³-hybridized carbons (Fsp3) is 0.300. The van der Waals surface area contributed by atoms with Crippen molar-refractivity contribution in [3.8, 4) is 11.5 Å². The van der Waals surface area contributed by atoms with Crippen LogP contribution in [-0.2, 0) is 13.0 Å². The summed E-state index contributed by atoms with van der Waals surface area (Å²) in [5, 5.41) is 0. The highest BCUT2D eigenvalue weighted by Crippen LogP contribution is 2.41. The number of aromatic nitrogens is 2. The van der Waals surface area contributed by atoms with Crippen LogP contribution in [-0.4, -0.2) is 15.0 Å². The minimum atomic E-state index is -0.223. The molecular weight excluding hydrogens is 316 g/mol. The molecular formula is C20H20N2O3. The van der Waals surface area contributed by atoms with Gasteiger partial charge >= 0.3 is 0 Å². The normalized spacial score (nSPS) is 15.0. The first-order valence-corrected chi connectivity index (χ1v) is 8.34. The van der Waals surface area contributed by atoms with Crippen molar-refractivity contribution >= 4 is 5.65 Å². The summed E-state index contributed by atoms with van der Waals surface area (Å²) < 4.78 is 13.5. The van der Waals surface area contributed by atoms with Gasteiger partial charge in [-0.25, -0.2) is 4.98 Å². The van der Waals surface area contributed by atoms with E-state index in [9.17, 15) is 4.79 Å². The molecule has 1 aliphatic heterocycles. The first-order chi connectivity index (χ1) is 11.9. The van der Waals surface area contributed by atoms with Crippen LogP contribution in [0.1, 0.15) is 30.7 Å². The number of aryl methyl sites for hydroxylation is 1. The van der Waals surface area contributed by atoms with E-state index in [0.717, 1.165) is 23.3 Å². The summed E-state index contributed by atoms with van der Waals surface area (Å²) in [4.78, 5) is 16.8. The molecule has 0 amide bonds. The largest absolute Gasteiger partial charge is 0.483 e. The lowest BCUT2D eigenvalue weighted by molar-refractivity contribution is 0.131. The van der Waals surface area contributed by atoms with Crippen molar-refractivity contribution < 1.29 is 9.47 Å². The van der Waals surface area contributed by atoms with Crippen LogP contribution in [0, 0.1) is 6.92 Å². The summed E-state index contributed by atoms with van der Waals surface area (Å²) in [6.45, 7) is 6.29. The molecule has 0 fully saturated rings. The Labute approximate surface area is 145 Å². The average molecular weight is 336 g/mol. The van der Waals surface area contributed by atoms with Gasteiger partial charge in [-0.2, -0.15) is 0 Å². The van der Waals surface area contributed by atoms with E-state index in [1.165, 1.54) is 6.07 Å². The number of fused-ring (bicyclic) bond motifs is 2. The second-order valence-electron chi connectivity index (χ2n) is 7.09. The summed E-state index contributed by atoms with van der Waals surface area (Å²) in [5.74, 6) is 1.48. The Bertz CT molecular complexity index is 1020. The number of nitrogens with zero attached hydrogens (tertiary/aromatic N) is 2. The number of hydrogen-bond acceptors (Lipinski definition) is 4. The van der Waals surface area contributed by atoms with E-state index in [-0.39, 0.29) is 17.8 Å². The maximum atomic E-state index is 12.3. The lowest BCUT2D eigenvalue weighted by atomic mass is 10.0. The van der Waals surface area contributed by atoms with Gasteiger partial charge in [-0.05, 0) is 38.5 Å². The van der Waals surface area contributed by atoms with Crippen molar-refractivity contribution in [2.45, 2.75) is 39.4 Å². The summed E-state index contributed by atoms with van der Waals surface area (Å²) in [6.07, 6.45) is 2.64. The van der Waals surface area contributed by atoms with Crippen LogP contribution in [0.4, 0.5) is 0 Å². The molecule has 0 unspecified atom stereocenters. The highest BCUT2D eigenvalue weighted by Gasteiger charge is 2.32. The summed E-state index contributed by atoms with van der Waals surface area (Å²) in [7, 11) is 0. The second kappa shape index (κ2) is 5.62. The summed E-state index contributed by atoms with van der Waals surface area (Å²) >= 11 is 0. The fourth-order valence-corrected chi connectivity index (χ4v) is 3.18. The molecule has 1 aromatic carbocycles. The molecule has 0 saturated carbocycles. The molecule has 0 N–H and O–H groups in total. The van der Waals surface area contributed by atoms with Gasteiger partial charge in [0, 0.05) is 24.2 Å². The first kappa shape index (κ1) is 15.7. The van der Waals surface area contributed by atoms with E-state index in [1.807, 2.05) is 31.2 Å². The van der Waals surface area contributed by atoms with Gasteiger partial charge in [0.25, 0.3) is 5.56 Å². The monoisotopic (exact) mass is 336 g/mol. The molecule has 0 bridgehead atoms. The SMILES string of the molecule is Cc1ccc2nc(COc3cccc4c3OC(C)(C)C4)cc(=O)n2c1. The Kier molecular flexibility index (Phi) is 3.53. The van der Waals surface area contributed by atoms with E-state index in [0.29, 0.717) is 17.1 Å². The number of pyridine rings is 1. The van der Waals surface area contributed by atoms with Gasteiger partial charge in [-0.15, -0.1) is 0 Å². The van der Waals surface area contributed by atoms with Gasteiger partial charge in [0.15, 0.2) is 11.5 Å². The molecule has 5 heteroatoms. The summed E-state index contributed by atoms with van der Waals surface area (Å²) in [6, 6.07) is 11.2. The van der Waals surface area contributed by atoms with Crippen molar-refractivity contribution in [1.82, 2.24) is 9.38 Å². The molecule has 0 aliphatic carbocycles. The second-order valence-corrected chi connectivity index (χ2v) is 7.09. The van der Waals surface area contributed by atoms with Crippen LogP contribution in [0.5, 0.6) is 11.5 Å². The maximum absolute atomic E-state index is 12.3. The fourth-order valence-electron chi connectivity index (χ4n) is 3.18. The Morgan fingerprint density at radius 1 is 1.28 bits per heavy atom. The van der Waals surface area contributed by atoms with Crippen molar-refractivity contribution in [2.24, 2.45) is 0 Å². The third kappa shape index (κ3) is 2.97. The Morgan fingerprint density at radius 2 is 2.12 bits per heavy atom. The van der Waals surface area contributed by atoms with Gasteiger partial charge < -0.3 is 9.47 Å². The predicted octanol–water partition coefficient (Wildman–Crippen LogP) is 3.30. The van der Waals surface area contributed by atoms with Crippen LogP contribution in [0.3, 0.4) is 0 Å². The van der Waals surface area contributed by atoms with Gasteiger partial charge in [-0.3, -0.25) is 9.20 Å². The number of para-hydroxylation sites is 1. The third-order valence-electron chi connectivity index (χ3n) is 4.29. The zero-order valence-corrected chi connectivity index (χ0v) is 14.6. The van der Waals surface area contributed by atoms with E-state index >= 15 is 0 Å². The van der Waals surface area contributed by atoms with Crippen molar-refractivity contribution in [3.05, 3.63) is 69.8 Å². The van der Waals surface area contributed by atoms with Gasteiger partial charge in [0.1, 0.15) is 17.9 Å². The Morgan fingerprint density at radius 3 is 2.96 bits per heavy atom. The smallest absolute Gasteiger partial charge is 0.258 e. The topological polar surface area (TPSA) is 52.8 Å². The molecule has 0 radical (unpaired) electrons. The van der Waals surface area contributed by atoms with Crippen molar-refractivity contribution in [2.75, 3.05) is 0 Å². The first-order valence-electron chi connectivity index (χ1n) is 8.34. The van der Waals surface area contributed by atoms with E-state index < -0.39 is 0 Å². The van der Waals surface area contributed by atoms with Crippen molar-refractivity contribution in [3.63, 3.8) is 0 Å². The number of benzene rings is 1. The maximum Gasteiger partial charge on any atom is 0.258 e. The summed E-state index contributed by atoms with van der Waals surface area (Å²) in [5.41, 5.74) is 3.04. The van der Waals surface area contributed by atoms with E-state index in [2.05, 4.69) is 24.9 Å². The zero-order valence-electron chi connectivity index (χ0n) is 14.6. The molecule has 0 atom stereocenters. The lowest BCUT2D eigenvalue weighted by Gasteiger charge is -2.18. The molecule has 2 aromatic heterocycles. The molecule has 1 aliphatic rings. The number of hydrogen-bond donors (Lipinski definition) is 0. The quantitative estimate of drug-likeness (QED) is 0.736. The van der Waals surface area contributed by atoms with Gasteiger partial charge in [0.05, 0.1) is 5.69 Å². The van der Waals surface area contributed by atoms with Crippen LogP contribution in [0.2, 0.25) is 0 Å². The molecule has 0 spiro atoms. The van der Waals surface area contributed by atoms with E-state index in [1.54, 1.807) is 10.6 Å². The zero-order chi connectivity index (χ0) is 17.6. The van der Waals surface area contributed by atoms with Crippen LogP contribution >= 0.6 is 0 Å². The molecule has 3 aromatic rings. The van der Waals surface area contributed by atoms with Crippen LogP contribution < -0.4 is 15.0 Å². The van der Waals surface area contributed by atoms with Crippen molar-refractivity contribution in [1.29, 1.82) is 0 Å². The molecule has 128 valence electrons. The van der Waals surface area contributed by atoms with Gasteiger partial charge in [-0.1, -0.05) is 18.2 Å².